The van der Waals surface area contributed by atoms with Crippen molar-refractivity contribution in [3.05, 3.63) is 73.1 Å². The van der Waals surface area contributed by atoms with Crippen LogP contribution in [0.25, 0.3) is 33.8 Å². The van der Waals surface area contributed by atoms with Gasteiger partial charge >= 0.3 is 6.36 Å². The molecule has 0 N–H and O–H groups in total. The van der Waals surface area contributed by atoms with Gasteiger partial charge < -0.3 is 4.74 Å². The number of alkyl halides is 3. The second kappa shape index (κ2) is 5.91. The summed E-state index contributed by atoms with van der Waals surface area (Å²) >= 11 is 0. The lowest BCUT2D eigenvalue weighted by atomic mass is 10.1. The van der Waals surface area contributed by atoms with Gasteiger partial charge in [-0.3, -0.25) is 4.40 Å². The van der Waals surface area contributed by atoms with E-state index in [0.29, 0.717) is 0 Å². The van der Waals surface area contributed by atoms with Crippen LogP contribution in [0.15, 0.2) is 67.5 Å². The van der Waals surface area contributed by atoms with Gasteiger partial charge in [0.1, 0.15) is 11.4 Å². The number of ether oxygens (including phenoxy) is 1. The highest BCUT2D eigenvalue weighted by molar-refractivity contribution is 5.96. The van der Waals surface area contributed by atoms with E-state index >= 15 is 0 Å². The van der Waals surface area contributed by atoms with Crippen LogP contribution in [0.5, 0.6) is 5.75 Å². The Morgan fingerprint density at radius 1 is 1.04 bits per heavy atom. The van der Waals surface area contributed by atoms with E-state index in [1.807, 2.05) is 34.9 Å². The molecule has 0 aliphatic carbocycles. The molecule has 0 radical (unpaired) electrons. The summed E-state index contributed by atoms with van der Waals surface area (Å²) in [5.41, 5.74) is 3.33. The van der Waals surface area contributed by atoms with E-state index in [1.54, 1.807) is 24.4 Å². The van der Waals surface area contributed by atoms with E-state index in [-0.39, 0.29) is 5.75 Å². The Balaban J connectivity index is 1.77. The molecular formula is C20H13F3N2O. The molecule has 0 unspecified atom stereocenters. The molecule has 0 fully saturated rings. The number of imidazole rings is 1. The number of benzene rings is 2. The number of rotatable bonds is 3. The minimum absolute atomic E-state index is 0.252. The molecule has 0 spiro atoms. The highest BCUT2D eigenvalue weighted by Gasteiger charge is 2.31. The number of hydrogen-bond acceptors (Lipinski definition) is 2. The summed E-state index contributed by atoms with van der Waals surface area (Å²) < 4.78 is 42.7. The van der Waals surface area contributed by atoms with E-state index < -0.39 is 6.36 Å². The van der Waals surface area contributed by atoms with Crippen LogP contribution < -0.4 is 4.74 Å². The summed E-state index contributed by atoms with van der Waals surface area (Å²) in [4.78, 5) is 4.49. The SMILES string of the molecule is C=Cc1ccc2c(ccn3c(-c4ccc(OC(F)(F)F)cc4)cnc23)c1. The summed E-state index contributed by atoms with van der Waals surface area (Å²) in [5, 5.41) is 2.03. The van der Waals surface area contributed by atoms with Crippen molar-refractivity contribution in [2.75, 3.05) is 0 Å². The first-order valence-corrected chi connectivity index (χ1v) is 7.83. The molecule has 0 bridgehead atoms. The monoisotopic (exact) mass is 354 g/mol. The molecule has 26 heavy (non-hydrogen) atoms. The number of fused-ring (bicyclic) bond motifs is 3. The second-order valence-corrected chi connectivity index (χ2v) is 5.78. The molecule has 0 atom stereocenters. The Hall–Kier alpha value is -3.28. The molecule has 2 aromatic heterocycles. The van der Waals surface area contributed by atoms with Crippen LogP contribution in [0.4, 0.5) is 13.2 Å². The number of pyridine rings is 1. The molecule has 0 amide bonds. The Labute approximate surface area is 147 Å². The van der Waals surface area contributed by atoms with Crippen molar-refractivity contribution >= 4 is 22.5 Å². The standard InChI is InChI=1S/C20H13F3N2O/c1-2-13-3-8-17-15(11-13)9-10-25-18(12-24-19(17)25)14-4-6-16(7-5-14)26-20(21,22)23/h2-12H,1H2. The molecule has 0 saturated heterocycles. The first kappa shape index (κ1) is 16.2. The van der Waals surface area contributed by atoms with E-state index in [4.69, 9.17) is 0 Å². The zero-order valence-corrected chi connectivity index (χ0v) is 13.5. The molecule has 6 heteroatoms. The number of nitrogens with zero attached hydrogens (tertiary/aromatic N) is 2. The minimum atomic E-state index is -4.70. The third-order valence-corrected chi connectivity index (χ3v) is 4.14. The fourth-order valence-corrected chi connectivity index (χ4v) is 2.96. The third-order valence-electron chi connectivity index (χ3n) is 4.14. The van der Waals surface area contributed by atoms with Gasteiger partial charge in [-0.1, -0.05) is 24.8 Å². The summed E-state index contributed by atoms with van der Waals surface area (Å²) in [5.74, 6) is -0.252. The van der Waals surface area contributed by atoms with Crippen molar-refractivity contribution in [1.29, 1.82) is 0 Å². The third kappa shape index (κ3) is 2.90. The van der Waals surface area contributed by atoms with E-state index in [9.17, 15) is 13.2 Å². The molecule has 0 saturated carbocycles. The van der Waals surface area contributed by atoms with Crippen LogP contribution in [-0.2, 0) is 0 Å². The molecular weight excluding hydrogens is 341 g/mol. The van der Waals surface area contributed by atoms with Gasteiger partial charge in [-0.05, 0) is 47.3 Å². The highest BCUT2D eigenvalue weighted by atomic mass is 19.4. The normalized spacial score (nSPS) is 11.8. The smallest absolute Gasteiger partial charge is 0.406 e. The van der Waals surface area contributed by atoms with E-state index in [2.05, 4.69) is 16.3 Å². The Kier molecular flexibility index (Phi) is 3.68. The number of hydrogen-bond donors (Lipinski definition) is 0. The zero-order valence-electron chi connectivity index (χ0n) is 13.5. The van der Waals surface area contributed by atoms with Crippen LogP contribution >= 0.6 is 0 Å². The summed E-state index contributed by atoms with van der Waals surface area (Å²) in [6.07, 6.45) is 0.683. The summed E-state index contributed by atoms with van der Waals surface area (Å²) in [6.45, 7) is 3.77. The molecule has 4 rings (SSSR count). The molecule has 0 aliphatic heterocycles. The lowest BCUT2D eigenvalue weighted by Gasteiger charge is -2.09. The number of halogens is 3. The van der Waals surface area contributed by atoms with Gasteiger partial charge in [0.15, 0.2) is 0 Å². The van der Waals surface area contributed by atoms with Gasteiger partial charge in [-0.25, -0.2) is 4.98 Å². The van der Waals surface area contributed by atoms with Gasteiger partial charge in [0.05, 0.1) is 11.9 Å². The van der Waals surface area contributed by atoms with Crippen molar-refractivity contribution in [1.82, 2.24) is 9.38 Å². The van der Waals surface area contributed by atoms with Crippen LogP contribution in [0.1, 0.15) is 5.56 Å². The fraction of sp³-hybridized carbons (Fsp3) is 0.0500. The maximum Gasteiger partial charge on any atom is 0.573 e. The van der Waals surface area contributed by atoms with Crippen molar-refractivity contribution in [3.63, 3.8) is 0 Å². The lowest BCUT2D eigenvalue weighted by molar-refractivity contribution is -0.274. The largest absolute Gasteiger partial charge is 0.573 e. The molecule has 130 valence electrons. The van der Waals surface area contributed by atoms with Crippen LogP contribution in [0.2, 0.25) is 0 Å². The van der Waals surface area contributed by atoms with E-state index in [1.165, 1.54) is 12.1 Å². The minimum Gasteiger partial charge on any atom is -0.406 e. The van der Waals surface area contributed by atoms with Gasteiger partial charge in [-0.15, -0.1) is 13.2 Å². The van der Waals surface area contributed by atoms with Crippen molar-refractivity contribution < 1.29 is 17.9 Å². The van der Waals surface area contributed by atoms with Crippen molar-refractivity contribution in [3.8, 4) is 17.0 Å². The highest BCUT2D eigenvalue weighted by Crippen LogP contribution is 2.29. The second-order valence-electron chi connectivity index (χ2n) is 5.78. The number of aromatic nitrogens is 2. The van der Waals surface area contributed by atoms with Crippen LogP contribution in [0.3, 0.4) is 0 Å². The fourth-order valence-electron chi connectivity index (χ4n) is 2.96. The predicted octanol–water partition coefficient (Wildman–Crippen LogP) is 5.70. The topological polar surface area (TPSA) is 26.5 Å². The van der Waals surface area contributed by atoms with E-state index in [0.717, 1.165) is 33.2 Å². The van der Waals surface area contributed by atoms with Crippen molar-refractivity contribution in [2.24, 2.45) is 0 Å². The molecule has 2 aromatic carbocycles. The summed E-state index contributed by atoms with van der Waals surface area (Å²) in [7, 11) is 0. The molecule has 0 aliphatic rings. The maximum atomic E-state index is 12.3. The first-order valence-electron chi connectivity index (χ1n) is 7.83. The van der Waals surface area contributed by atoms with Gasteiger partial charge in [0.25, 0.3) is 0 Å². The Morgan fingerprint density at radius 3 is 2.50 bits per heavy atom. The lowest BCUT2D eigenvalue weighted by Crippen LogP contribution is -2.16. The Bertz CT molecular complexity index is 1110. The first-order chi connectivity index (χ1) is 12.4. The van der Waals surface area contributed by atoms with Gasteiger partial charge in [-0.2, -0.15) is 0 Å². The van der Waals surface area contributed by atoms with Crippen LogP contribution in [-0.4, -0.2) is 15.7 Å². The van der Waals surface area contributed by atoms with Crippen LogP contribution in [0, 0.1) is 0 Å². The van der Waals surface area contributed by atoms with Crippen molar-refractivity contribution in [2.45, 2.75) is 6.36 Å². The molecule has 4 aromatic rings. The predicted molar refractivity (Wildman–Crippen MR) is 94.9 cm³/mol. The quantitative estimate of drug-likeness (QED) is 0.472. The summed E-state index contributed by atoms with van der Waals surface area (Å²) in [6, 6.07) is 13.7. The maximum absolute atomic E-state index is 12.3. The molecule has 3 nitrogen and oxygen atoms in total. The zero-order chi connectivity index (χ0) is 18.3. The van der Waals surface area contributed by atoms with Gasteiger partial charge in [0, 0.05) is 17.1 Å². The molecule has 2 heterocycles. The average Bonchev–Trinajstić information content (AvgIpc) is 3.05. The van der Waals surface area contributed by atoms with Gasteiger partial charge in [0.2, 0.25) is 0 Å². The average molecular weight is 354 g/mol. The Morgan fingerprint density at radius 2 is 1.81 bits per heavy atom.